The average Bonchev–Trinajstić information content (AvgIpc) is 2.90. The first-order valence-corrected chi connectivity index (χ1v) is 6.74. The van der Waals surface area contributed by atoms with Gasteiger partial charge >= 0.3 is 11.9 Å². The monoisotopic (exact) mass is 279 g/mol. The van der Waals surface area contributed by atoms with E-state index in [4.69, 9.17) is 19.8 Å². The van der Waals surface area contributed by atoms with Gasteiger partial charge in [-0.3, -0.25) is 0 Å². The number of carbonyl (C=O) groups is 2. The van der Waals surface area contributed by atoms with Gasteiger partial charge in [-0.25, -0.2) is 9.59 Å². The fourth-order valence-corrected chi connectivity index (χ4v) is 2.21. The number of benzene rings is 1. The Labute approximate surface area is 118 Å². The Bertz CT molecular complexity index is 441. The van der Waals surface area contributed by atoms with Crippen LogP contribution < -0.4 is 5.32 Å². The van der Waals surface area contributed by atoms with Gasteiger partial charge in [0.25, 0.3) is 0 Å². The van der Waals surface area contributed by atoms with E-state index in [1.54, 1.807) is 0 Å². The summed E-state index contributed by atoms with van der Waals surface area (Å²) in [4.78, 5) is 18.2. The highest BCUT2D eigenvalue weighted by Crippen LogP contribution is 2.18. The number of carboxylic acid groups (broad SMARTS) is 2. The van der Waals surface area contributed by atoms with Crippen LogP contribution in [-0.2, 0) is 16.1 Å². The van der Waals surface area contributed by atoms with Gasteiger partial charge in [0.1, 0.15) is 0 Å². The molecule has 2 rings (SSSR count). The van der Waals surface area contributed by atoms with Gasteiger partial charge in [0.05, 0.1) is 0 Å². The first-order chi connectivity index (χ1) is 9.49. The molecule has 20 heavy (non-hydrogen) atoms. The summed E-state index contributed by atoms with van der Waals surface area (Å²) >= 11 is 0. The molecule has 5 nitrogen and oxygen atoms in total. The molecule has 110 valence electrons. The Morgan fingerprint density at radius 2 is 1.80 bits per heavy atom. The second-order valence-electron chi connectivity index (χ2n) is 4.96. The fraction of sp³-hybridized carbons (Fsp3) is 0.467. The molecular weight excluding hydrogens is 258 g/mol. The zero-order valence-corrected chi connectivity index (χ0v) is 11.6. The summed E-state index contributed by atoms with van der Waals surface area (Å²) in [6.45, 7) is 3.19. The minimum absolute atomic E-state index is 0.774. The van der Waals surface area contributed by atoms with Crippen molar-refractivity contribution in [3.63, 3.8) is 0 Å². The third-order valence-electron chi connectivity index (χ3n) is 3.22. The molecule has 0 saturated heterocycles. The molecule has 0 radical (unpaired) electrons. The van der Waals surface area contributed by atoms with E-state index in [1.807, 2.05) is 0 Å². The molecule has 0 unspecified atom stereocenters. The number of aliphatic carboxylic acids is 2. The van der Waals surface area contributed by atoms with Crippen LogP contribution in [-0.4, -0.2) is 28.2 Å². The number of rotatable bonds is 3. The van der Waals surface area contributed by atoms with E-state index in [0.29, 0.717) is 0 Å². The molecule has 0 heterocycles. The van der Waals surface area contributed by atoms with E-state index >= 15 is 0 Å². The lowest BCUT2D eigenvalue weighted by molar-refractivity contribution is -0.159. The highest BCUT2D eigenvalue weighted by Gasteiger charge is 2.13. The lowest BCUT2D eigenvalue weighted by atomic mass is 10.1. The van der Waals surface area contributed by atoms with Crippen LogP contribution in [0.15, 0.2) is 24.3 Å². The second-order valence-corrected chi connectivity index (χ2v) is 4.96. The van der Waals surface area contributed by atoms with Crippen molar-refractivity contribution in [1.29, 1.82) is 0 Å². The van der Waals surface area contributed by atoms with Gasteiger partial charge in [-0.2, -0.15) is 0 Å². The van der Waals surface area contributed by atoms with Crippen LogP contribution in [0, 0.1) is 6.92 Å². The Morgan fingerprint density at radius 1 is 1.20 bits per heavy atom. The third kappa shape index (κ3) is 6.33. The smallest absolute Gasteiger partial charge is 0.414 e. The highest BCUT2D eigenvalue weighted by atomic mass is 16.4. The molecule has 0 amide bonds. The molecule has 1 aromatic carbocycles. The summed E-state index contributed by atoms with van der Waals surface area (Å²) < 4.78 is 0. The van der Waals surface area contributed by atoms with Crippen molar-refractivity contribution < 1.29 is 19.8 Å². The van der Waals surface area contributed by atoms with Gasteiger partial charge in [-0.05, 0) is 25.3 Å². The molecule has 1 saturated carbocycles. The summed E-state index contributed by atoms with van der Waals surface area (Å²) in [7, 11) is 0. The predicted octanol–water partition coefficient (Wildman–Crippen LogP) is 2.18. The molecule has 1 fully saturated rings. The van der Waals surface area contributed by atoms with Crippen molar-refractivity contribution in [1.82, 2.24) is 5.32 Å². The standard InChI is InChI=1S/C13H19N.C2H2O4/c1-11-5-4-6-12(9-11)10-14-13-7-2-3-8-13;3-1(4)2(5)6/h4-6,9,13-14H,2-3,7-8,10H2,1H3;(H,3,4)(H,5,6). The van der Waals surface area contributed by atoms with Crippen molar-refractivity contribution >= 4 is 11.9 Å². The molecule has 0 bridgehead atoms. The Hall–Kier alpha value is -1.88. The lowest BCUT2D eigenvalue weighted by Gasteiger charge is -2.11. The highest BCUT2D eigenvalue weighted by molar-refractivity contribution is 6.27. The maximum Gasteiger partial charge on any atom is 0.414 e. The van der Waals surface area contributed by atoms with Gasteiger partial charge < -0.3 is 15.5 Å². The van der Waals surface area contributed by atoms with Crippen molar-refractivity contribution in [2.75, 3.05) is 0 Å². The van der Waals surface area contributed by atoms with Crippen LogP contribution in [0.4, 0.5) is 0 Å². The first kappa shape index (κ1) is 16.2. The SMILES string of the molecule is Cc1cccc(CNC2CCCC2)c1.O=C(O)C(=O)O. The number of carboxylic acids is 2. The van der Waals surface area contributed by atoms with E-state index < -0.39 is 11.9 Å². The Morgan fingerprint density at radius 3 is 2.30 bits per heavy atom. The van der Waals surface area contributed by atoms with Crippen LogP contribution in [0.25, 0.3) is 0 Å². The Balaban J connectivity index is 0.000000286. The summed E-state index contributed by atoms with van der Waals surface area (Å²) in [6.07, 6.45) is 5.55. The van der Waals surface area contributed by atoms with Crippen LogP contribution in [0.3, 0.4) is 0 Å². The van der Waals surface area contributed by atoms with E-state index in [9.17, 15) is 0 Å². The van der Waals surface area contributed by atoms with Crippen molar-refractivity contribution in [2.24, 2.45) is 0 Å². The van der Waals surface area contributed by atoms with Gasteiger partial charge in [-0.15, -0.1) is 0 Å². The maximum absolute atomic E-state index is 9.10. The number of hydrogen-bond donors (Lipinski definition) is 3. The third-order valence-corrected chi connectivity index (χ3v) is 3.22. The van der Waals surface area contributed by atoms with Gasteiger partial charge in [0.2, 0.25) is 0 Å². The molecule has 1 aromatic rings. The maximum atomic E-state index is 9.10. The molecule has 1 aliphatic carbocycles. The van der Waals surface area contributed by atoms with Crippen molar-refractivity contribution in [2.45, 2.75) is 45.2 Å². The minimum Gasteiger partial charge on any atom is -0.473 e. The summed E-state index contributed by atoms with van der Waals surface area (Å²) in [5.74, 6) is -3.65. The lowest BCUT2D eigenvalue weighted by Crippen LogP contribution is -2.25. The minimum atomic E-state index is -1.82. The Kier molecular flexibility index (Phi) is 6.73. The summed E-state index contributed by atoms with van der Waals surface area (Å²) in [5, 5.41) is 18.4. The molecule has 0 spiro atoms. The fourth-order valence-electron chi connectivity index (χ4n) is 2.21. The van der Waals surface area contributed by atoms with Gasteiger partial charge in [-0.1, -0.05) is 42.7 Å². The number of nitrogens with one attached hydrogen (secondary N) is 1. The number of aryl methyl sites for hydroxylation is 1. The summed E-state index contributed by atoms with van der Waals surface area (Å²) in [6, 6.07) is 9.53. The van der Waals surface area contributed by atoms with Crippen molar-refractivity contribution in [3.05, 3.63) is 35.4 Å². The van der Waals surface area contributed by atoms with Gasteiger partial charge in [0, 0.05) is 12.6 Å². The van der Waals surface area contributed by atoms with Gasteiger partial charge in [0.15, 0.2) is 0 Å². The summed E-state index contributed by atoms with van der Waals surface area (Å²) in [5.41, 5.74) is 2.77. The van der Waals surface area contributed by atoms with Crippen LogP contribution in [0.5, 0.6) is 0 Å². The molecular formula is C15H21NO4. The zero-order valence-electron chi connectivity index (χ0n) is 11.6. The normalized spacial score (nSPS) is 14.4. The molecule has 0 atom stereocenters. The molecule has 1 aliphatic rings. The number of hydrogen-bond acceptors (Lipinski definition) is 3. The molecule has 0 aliphatic heterocycles. The molecule has 3 N–H and O–H groups in total. The van der Waals surface area contributed by atoms with Crippen LogP contribution in [0.2, 0.25) is 0 Å². The zero-order chi connectivity index (χ0) is 15.0. The largest absolute Gasteiger partial charge is 0.473 e. The first-order valence-electron chi connectivity index (χ1n) is 6.74. The van der Waals surface area contributed by atoms with E-state index in [1.165, 1.54) is 36.8 Å². The van der Waals surface area contributed by atoms with E-state index in [2.05, 4.69) is 36.5 Å². The van der Waals surface area contributed by atoms with Crippen molar-refractivity contribution in [3.8, 4) is 0 Å². The van der Waals surface area contributed by atoms with E-state index in [0.717, 1.165) is 12.6 Å². The predicted molar refractivity (Wildman–Crippen MR) is 75.5 cm³/mol. The second kappa shape index (κ2) is 8.32. The van der Waals surface area contributed by atoms with Crippen LogP contribution >= 0.6 is 0 Å². The van der Waals surface area contributed by atoms with E-state index in [-0.39, 0.29) is 0 Å². The average molecular weight is 279 g/mol. The molecule has 5 heteroatoms. The quantitative estimate of drug-likeness (QED) is 0.738. The molecule has 0 aromatic heterocycles. The van der Waals surface area contributed by atoms with Crippen LogP contribution in [0.1, 0.15) is 36.8 Å². The topological polar surface area (TPSA) is 86.6 Å².